The van der Waals surface area contributed by atoms with E-state index in [1.807, 2.05) is 24.3 Å². The minimum Gasteiger partial charge on any atom is -0.455 e. The van der Waals surface area contributed by atoms with Gasteiger partial charge in [-0.05, 0) is 44.2 Å². The highest BCUT2D eigenvalue weighted by Gasteiger charge is 2.42. The lowest BCUT2D eigenvalue weighted by molar-refractivity contribution is -0.156. The van der Waals surface area contributed by atoms with Crippen molar-refractivity contribution in [2.24, 2.45) is 17.8 Å². The second kappa shape index (κ2) is 8.27. The summed E-state index contributed by atoms with van der Waals surface area (Å²) in [6.07, 6.45) is 4.92. The van der Waals surface area contributed by atoms with Crippen molar-refractivity contribution in [3.8, 4) is 0 Å². The molecule has 150 valence electrons. The number of ketones is 1. The number of hydrogen-bond donors (Lipinski definition) is 0. The topological polar surface area (TPSA) is 63.7 Å². The molecule has 6 heteroatoms. The SMILES string of the molecule is C[C@@H]1CCN(C(=O)COC(=O)C2C[C@H]3CCC[C@@H](C2)C3=O)c2ccccc2S1. The quantitative estimate of drug-likeness (QED) is 0.720. The minimum atomic E-state index is -0.316. The number of thioether (sulfide) groups is 1. The Kier molecular flexibility index (Phi) is 5.76. The molecule has 2 fully saturated rings. The van der Waals surface area contributed by atoms with Crippen molar-refractivity contribution in [3.63, 3.8) is 0 Å². The second-order valence-corrected chi connectivity index (χ2v) is 9.71. The van der Waals surface area contributed by atoms with Crippen LogP contribution in [0.1, 0.15) is 45.4 Å². The summed E-state index contributed by atoms with van der Waals surface area (Å²) in [5, 5.41) is 0.431. The first-order valence-electron chi connectivity index (χ1n) is 10.3. The zero-order valence-corrected chi connectivity index (χ0v) is 17.1. The molecule has 2 aliphatic carbocycles. The molecule has 4 rings (SSSR count). The average Bonchev–Trinajstić information content (AvgIpc) is 2.84. The van der Waals surface area contributed by atoms with Gasteiger partial charge in [-0.25, -0.2) is 0 Å². The fraction of sp³-hybridized carbons (Fsp3) is 0.591. The van der Waals surface area contributed by atoms with E-state index < -0.39 is 0 Å². The molecule has 2 bridgehead atoms. The lowest BCUT2D eigenvalue weighted by Crippen LogP contribution is -2.41. The molecular weight excluding hydrogens is 374 g/mol. The summed E-state index contributed by atoms with van der Waals surface area (Å²) in [4.78, 5) is 40.5. The van der Waals surface area contributed by atoms with Crippen LogP contribution in [0.2, 0.25) is 0 Å². The third kappa shape index (κ3) is 3.97. The number of hydrogen-bond acceptors (Lipinski definition) is 5. The van der Waals surface area contributed by atoms with Crippen LogP contribution in [0.5, 0.6) is 0 Å². The van der Waals surface area contributed by atoms with Gasteiger partial charge in [-0.15, -0.1) is 11.8 Å². The second-order valence-electron chi connectivity index (χ2n) is 8.23. The van der Waals surface area contributed by atoms with Gasteiger partial charge in [0.05, 0.1) is 11.6 Å². The molecule has 1 aromatic rings. The Morgan fingerprint density at radius 2 is 1.86 bits per heavy atom. The van der Waals surface area contributed by atoms with Gasteiger partial charge in [0.15, 0.2) is 6.61 Å². The van der Waals surface area contributed by atoms with Crippen LogP contribution >= 0.6 is 11.8 Å². The van der Waals surface area contributed by atoms with Crippen LogP contribution in [0, 0.1) is 17.8 Å². The molecule has 1 heterocycles. The van der Waals surface area contributed by atoms with E-state index in [1.54, 1.807) is 16.7 Å². The Labute approximate surface area is 170 Å². The molecule has 1 unspecified atom stereocenters. The predicted molar refractivity (Wildman–Crippen MR) is 108 cm³/mol. The maximum Gasteiger partial charge on any atom is 0.309 e. The van der Waals surface area contributed by atoms with Crippen molar-refractivity contribution in [2.75, 3.05) is 18.1 Å². The van der Waals surface area contributed by atoms with E-state index in [0.29, 0.717) is 30.4 Å². The number of benzene rings is 1. The molecule has 0 saturated heterocycles. The van der Waals surface area contributed by atoms with Crippen molar-refractivity contribution in [2.45, 2.75) is 55.6 Å². The Morgan fingerprint density at radius 3 is 2.61 bits per heavy atom. The first-order valence-corrected chi connectivity index (χ1v) is 11.2. The minimum absolute atomic E-state index is 0.0109. The molecule has 4 atom stereocenters. The van der Waals surface area contributed by atoms with Crippen molar-refractivity contribution in [1.29, 1.82) is 0 Å². The zero-order valence-electron chi connectivity index (χ0n) is 16.3. The molecular formula is C22H27NO4S. The van der Waals surface area contributed by atoms with Crippen LogP contribution in [0.3, 0.4) is 0 Å². The molecule has 0 aromatic heterocycles. The number of ether oxygens (including phenoxy) is 1. The van der Waals surface area contributed by atoms with Crippen molar-refractivity contribution in [1.82, 2.24) is 0 Å². The Hall–Kier alpha value is -1.82. The fourth-order valence-corrected chi connectivity index (χ4v) is 5.86. The number of Topliss-reactive ketones (excluding diaryl/α,β-unsaturated/α-hetero) is 1. The zero-order chi connectivity index (χ0) is 19.7. The summed E-state index contributed by atoms with van der Waals surface area (Å²) in [5.41, 5.74) is 0.899. The summed E-state index contributed by atoms with van der Waals surface area (Å²) < 4.78 is 5.43. The summed E-state index contributed by atoms with van der Waals surface area (Å²) in [5.74, 6) is -0.383. The summed E-state index contributed by atoms with van der Waals surface area (Å²) >= 11 is 1.78. The largest absolute Gasteiger partial charge is 0.455 e. The first kappa shape index (κ1) is 19.5. The highest BCUT2D eigenvalue weighted by Crippen LogP contribution is 2.41. The Morgan fingerprint density at radius 1 is 1.14 bits per heavy atom. The van der Waals surface area contributed by atoms with Gasteiger partial charge in [0, 0.05) is 28.5 Å². The monoisotopic (exact) mass is 401 g/mol. The maximum atomic E-state index is 12.8. The highest BCUT2D eigenvalue weighted by atomic mass is 32.2. The Bertz CT molecular complexity index is 764. The fourth-order valence-electron chi connectivity index (χ4n) is 4.75. The predicted octanol–water partition coefficient (Wildman–Crippen LogP) is 3.84. The molecule has 28 heavy (non-hydrogen) atoms. The standard InChI is InChI=1S/C22H27NO4S/c1-14-9-10-23(18-7-2-3-8-19(18)28-14)20(24)13-27-22(26)17-11-15-5-4-6-16(12-17)21(15)25/h2-3,7-8,14-17H,4-6,9-13H2,1H3/t14-,15-,16+,17?/m1/s1. The summed E-state index contributed by atoms with van der Waals surface area (Å²) in [6.45, 7) is 2.56. The lowest BCUT2D eigenvalue weighted by Gasteiger charge is -2.36. The van der Waals surface area contributed by atoms with Crippen LogP contribution in [-0.2, 0) is 19.1 Å². The normalized spacial score (nSPS) is 29.6. The third-order valence-corrected chi connectivity index (χ3v) is 7.50. The van der Waals surface area contributed by atoms with Crippen LogP contribution in [-0.4, -0.2) is 36.1 Å². The van der Waals surface area contributed by atoms with E-state index in [4.69, 9.17) is 4.74 Å². The molecule has 5 nitrogen and oxygen atoms in total. The highest BCUT2D eigenvalue weighted by molar-refractivity contribution is 8.00. The van der Waals surface area contributed by atoms with Gasteiger partial charge in [-0.1, -0.05) is 25.5 Å². The summed E-state index contributed by atoms with van der Waals surface area (Å²) in [6, 6.07) is 7.90. The molecule has 1 amide bonds. The number of nitrogens with zero attached hydrogens (tertiary/aromatic N) is 1. The maximum absolute atomic E-state index is 12.8. The molecule has 3 aliphatic rings. The van der Waals surface area contributed by atoms with E-state index in [-0.39, 0.29) is 36.2 Å². The van der Waals surface area contributed by atoms with Gasteiger partial charge in [-0.2, -0.15) is 0 Å². The Balaban J connectivity index is 1.38. The number of rotatable bonds is 3. The van der Waals surface area contributed by atoms with E-state index in [2.05, 4.69) is 6.92 Å². The number of carbonyl (C=O) groups excluding carboxylic acids is 3. The van der Waals surface area contributed by atoms with E-state index in [0.717, 1.165) is 36.3 Å². The number of carbonyl (C=O) groups is 3. The van der Waals surface area contributed by atoms with Gasteiger partial charge in [-0.3, -0.25) is 14.4 Å². The van der Waals surface area contributed by atoms with Gasteiger partial charge in [0.1, 0.15) is 5.78 Å². The molecule has 0 spiro atoms. The van der Waals surface area contributed by atoms with Crippen LogP contribution < -0.4 is 4.90 Å². The van der Waals surface area contributed by atoms with Gasteiger partial charge in [0.2, 0.25) is 0 Å². The number of amides is 1. The van der Waals surface area contributed by atoms with Crippen molar-refractivity contribution in [3.05, 3.63) is 24.3 Å². The van der Waals surface area contributed by atoms with E-state index >= 15 is 0 Å². The lowest BCUT2D eigenvalue weighted by atomic mass is 9.67. The van der Waals surface area contributed by atoms with Gasteiger partial charge in [0.25, 0.3) is 5.91 Å². The van der Waals surface area contributed by atoms with E-state index in [1.165, 1.54) is 0 Å². The number of anilines is 1. The van der Waals surface area contributed by atoms with Crippen molar-refractivity contribution < 1.29 is 19.1 Å². The van der Waals surface area contributed by atoms with Crippen LogP contribution in [0.15, 0.2) is 29.2 Å². The molecule has 1 aliphatic heterocycles. The van der Waals surface area contributed by atoms with Crippen LogP contribution in [0.4, 0.5) is 5.69 Å². The van der Waals surface area contributed by atoms with E-state index in [9.17, 15) is 14.4 Å². The number of para-hydroxylation sites is 1. The van der Waals surface area contributed by atoms with Crippen LogP contribution in [0.25, 0.3) is 0 Å². The van der Waals surface area contributed by atoms with Gasteiger partial charge < -0.3 is 9.64 Å². The van der Waals surface area contributed by atoms with Crippen molar-refractivity contribution >= 4 is 35.1 Å². The third-order valence-electron chi connectivity index (χ3n) is 6.26. The smallest absolute Gasteiger partial charge is 0.309 e. The molecule has 1 aromatic carbocycles. The number of fused-ring (bicyclic) bond motifs is 3. The van der Waals surface area contributed by atoms with Gasteiger partial charge >= 0.3 is 5.97 Å². The average molecular weight is 402 g/mol. The number of esters is 1. The first-order chi connectivity index (χ1) is 13.5. The summed E-state index contributed by atoms with van der Waals surface area (Å²) in [7, 11) is 0. The molecule has 0 radical (unpaired) electrons. The molecule has 0 N–H and O–H groups in total. The molecule has 2 saturated carbocycles.